The zero-order chi connectivity index (χ0) is 15.0. The molecule has 3 rings (SSSR count). The lowest BCUT2D eigenvalue weighted by atomic mass is 10.0. The standard InChI is InChI=1S/C15H16N4OS/c1-8-5-9(2)18-15(17-8)21-13-7-12-10(6-11(13)16)3-4-14(20)19-12/h5-7H,3-4,16H2,1-2H3,(H,19,20). The minimum absolute atomic E-state index is 0.0471. The first-order valence-corrected chi connectivity index (χ1v) is 7.55. The smallest absolute Gasteiger partial charge is 0.224 e. The quantitative estimate of drug-likeness (QED) is 0.658. The highest BCUT2D eigenvalue weighted by atomic mass is 32.2. The summed E-state index contributed by atoms with van der Waals surface area (Å²) >= 11 is 1.42. The molecule has 3 N–H and O–H groups in total. The molecule has 1 aromatic heterocycles. The van der Waals surface area contributed by atoms with Crippen molar-refractivity contribution >= 4 is 29.0 Å². The Bertz CT molecular complexity index is 710. The first kappa shape index (κ1) is 13.9. The first-order valence-electron chi connectivity index (χ1n) is 6.73. The third-order valence-corrected chi connectivity index (χ3v) is 4.23. The van der Waals surface area contributed by atoms with Crippen molar-refractivity contribution in [1.82, 2.24) is 9.97 Å². The monoisotopic (exact) mass is 300 g/mol. The van der Waals surface area contributed by atoms with Crippen LogP contribution in [0.2, 0.25) is 0 Å². The molecule has 0 unspecified atom stereocenters. The van der Waals surface area contributed by atoms with E-state index >= 15 is 0 Å². The highest BCUT2D eigenvalue weighted by Crippen LogP contribution is 2.36. The summed E-state index contributed by atoms with van der Waals surface area (Å²) in [6.07, 6.45) is 1.25. The van der Waals surface area contributed by atoms with E-state index in [-0.39, 0.29) is 5.91 Å². The van der Waals surface area contributed by atoms with Gasteiger partial charge >= 0.3 is 0 Å². The summed E-state index contributed by atoms with van der Waals surface area (Å²) in [6, 6.07) is 5.77. The van der Waals surface area contributed by atoms with Crippen LogP contribution < -0.4 is 11.1 Å². The number of fused-ring (bicyclic) bond motifs is 1. The van der Waals surface area contributed by atoms with Gasteiger partial charge in [-0.2, -0.15) is 0 Å². The SMILES string of the molecule is Cc1cc(C)nc(Sc2cc3c(cc2N)CCC(=O)N3)n1. The molecule has 0 saturated carbocycles. The van der Waals surface area contributed by atoms with Gasteiger partial charge in [0, 0.05) is 34.1 Å². The van der Waals surface area contributed by atoms with Crippen LogP contribution in [0.3, 0.4) is 0 Å². The Morgan fingerprint density at radius 1 is 1.14 bits per heavy atom. The predicted molar refractivity (Wildman–Crippen MR) is 83.4 cm³/mol. The zero-order valence-electron chi connectivity index (χ0n) is 11.9. The molecule has 2 heterocycles. The maximum Gasteiger partial charge on any atom is 0.224 e. The van der Waals surface area contributed by atoms with Gasteiger partial charge in [0.15, 0.2) is 5.16 Å². The van der Waals surface area contributed by atoms with E-state index in [1.54, 1.807) is 0 Å². The number of aromatic nitrogens is 2. The number of hydrogen-bond acceptors (Lipinski definition) is 5. The Morgan fingerprint density at radius 3 is 2.57 bits per heavy atom. The second-order valence-electron chi connectivity index (χ2n) is 5.13. The van der Waals surface area contributed by atoms with Gasteiger partial charge in [0.25, 0.3) is 0 Å². The van der Waals surface area contributed by atoms with E-state index in [0.717, 1.165) is 34.0 Å². The van der Waals surface area contributed by atoms with E-state index in [9.17, 15) is 4.79 Å². The molecule has 108 valence electrons. The molecule has 1 amide bonds. The third kappa shape index (κ3) is 3.00. The fourth-order valence-electron chi connectivity index (χ4n) is 2.35. The molecular formula is C15H16N4OS. The number of nitrogen functional groups attached to an aromatic ring is 1. The molecular weight excluding hydrogens is 284 g/mol. The van der Waals surface area contributed by atoms with Crippen molar-refractivity contribution in [3.63, 3.8) is 0 Å². The number of hydrogen-bond donors (Lipinski definition) is 2. The Morgan fingerprint density at radius 2 is 1.86 bits per heavy atom. The number of nitrogens with two attached hydrogens (primary N) is 1. The second-order valence-corrected chi connectivity index (χ2v) is 6.14. The maximum absolute atomic E-state index is 11.5. The van der Waals surface area contributed by atoms with Gasteiger partial charge in [0.05, 0.1) is 0 Å². The van der Waals surface area contributed by atoms with Crippen LogP contribution in [0.15, 0.2) is 28.3 Å². The molecule has 0 fully saturated rings. The fraction of sp³-hybridized carbons (Fsp3) is 0.267. The minimum Gasteiger partial charge on any atom is -0.398 e. The van der Waals surface area contributed by atoms with E-state index in [0.29, 0.717) is 17.3 Å². The van der Waals surface area contributed by atoms with Crippen LogP contribution >= 0.6 is 11.8 Å². The van der Waals surface area contributed by atoms with Crippen LogP contribution in [0, 0.1) is 13.8 Å². The van der Waals surface area contributed by atoms with Crippen LogP contribution in [0.1, 0.15) is 23.4 Å². The summed E-state index contributed by atoms with van der Waals surface area (Å²) < 4.78 is 0. The molecule has 0 bridgehead atoms. The molecule has 0 aliphatic carbocycles. The Kier molecular flexibility index (Phi) is 3.55. The Labute approximate surface area is 127 Å². The Hall–Kier alpha value is -2.08. The molecule has 5 nitrogen and oxygen atoms in total. The number of nitrogens with zero attached hydrogens (tertiary/aromatic N) is 2. The van der Waals surface area contributed by atoms with Gasteiger partial charge in [-0.05, 0) is 55.8 Å². The van der Waals surface area contributed by atoms with Gasteiger partial charge < -0.3 is 11.1 Å². The van der Waals surface area contributed by atoms with Crippen LogP contribution in [0.25, 0.3) is 0 Å². The number of rotatable bonds is 2. The summed E-state index contributed by atoms with van der Waals surface area (Å²) in [6.45, 7) is 3.88. The van der Waals surface area contributed by atoms with E-state index < -0.39 is 0 Å². The molecule has 1 aliphatic heterocycles. The summed E-state index contributed by atoms with van der Waals surface area (Å²) in [7, 11) is 0. The van der Waals surface area contributed by atoms with Crippen molar-refractivity contribution in [1.29, 1.82) is 0 Å². The second kappa shape index (κ2) is 5.37. The van der Waals surface area contributed by atoms with Crippen molar-refractivity contribution in [2.45, 2.75) is 36.7 Å². The number of amides is 1. The number of anilines is 2. The van der Waals surface area contributed by atoms with Crippen molar-refractivity contribution < 1.29 is 4.79 Å². The normalized spacial score (nSPS) is 13.7. The number of carbonyl (C=O) groups excluding carboxylic acids is 1. The zero-order valence-corrected chi connectivity index (χ0v) is 12.8. The largest absolute Gasteiger partial charge is 0.398 e. The van der Waals surface area contributed by atoms with Gasteiger partial charge in [-0.3, -0.25) is 4.79 Å². The summed E-state index contributed by atoms with van der Waals surface area (Å²) in [5.74, 6) is 0.0471. The summed E-state index contributed by atoms with van der Waals surface area (Å²) in [5.41, 5.74) is 10.6. The molecule has 1 aliphatic rings. The number of carbonyl (C=O) groups is 1. The third-order valence-electron chi connectivity index (χ3n) is 3.29. The lowest BCUT2D eigenvalue weighted by molar-refractivity contribution is -0.116. The van der Waals surface area contributed by atoms with Crippen LogP contribution in [-0.4, -0.2) is 15.9 Å². The van der Waals surface area contributed by atoms with Gasteiger partial charge in [0.1, 0.15) is 0 Å². The fourth-order valence-corrected chi connectivity index (χ4v) is 3.28. The van der Waals surface area contributed by atoms with Crippen LogP contribution in [0.4, 0.5) is 11.4 Å². The van der Waals surface area contributed by atoms with Gasteiger partial charge in [-0.15, -0.1) is 0 Å². The molecule has 6 heteroatoms. The van der Waals surface area contributed by atoms with E-state index in [4.69, 9.17) is 5.73 Å². The predicted octanol–water partition coefficient (Wildman–Crippen LogP) is 2.71. The maximum atomic E-state index is 11.5. The summed E-state index contributed by atoms with van der Waals surface area (Å²) in [5, 5.41) is 3.56. The lowest BCUT2D eigenvalue weighted by Crippen LogP contribution is -2.19. The highest BCUT2D eigenvalue weighted by Gasteiger charge is 2.17. The topological polar surface area (TPSA) is 80.9 Å². The number of nitrogens with one attached hydrogen (secondary N) is 1. The first-order chi connectivity index (χ1) is 10.0. The highest BCUT2D eigenvalue weighted by molar-refractivity contribution is 7.99. The van der Waals surface area contributed by atoms with E-state index in [1.807, 2.05) is 32.0 Å². The Balaban J connectivity index is 1.95. The minimum atomic E-state index is 0.0471. The van der Waals surface area contributed by atoms with Crippen molar-refractivity contribution in [3.05, 3.63) is 35.2 Å². The number of aryl methyl sites for hydroxylation is 3. The average Bonchev–Trinajstić information content (AvgIpc) is 2.39. The van der Waals surface area contributed by atoms with Crippen LogP contribution in [0.5, 0.6) is 0 Å². The molecule has 2 aromatic rings. The molecule has 0 radical (unpaired) electrons. The van der Waals surface area contributed by atoms with Gasteiger partial charge in [-0.25, -0.2) is 9.97 Å². The van der Waals surface area contributed by atoms with E-state index in [1.165, 1.54) is 11.8 Å². The van der Waals surface area contributed by atoms with Gasteiger partial charge in [-0.1, -0.05) is 0 Å². The molecule has 21 heavy (non-hydrogen) atoms. The van der Waals surface area contributed by atoms with Crippen molar-refractivity contribution in [3.8, 4) is 0 Å². The molecule has 0 spiro atoms. The average molecular weight is 300 g/mol. The van der Waals surface area contributed by atoms with Crippen molar-refractivity contribution in [2.75, 3.05) is 11.1 Å². The molecule has 0 atom stereocenters. The lowest BCUT2D eigenvalue weighted by Gasteiger charge is -2.18. The molecule has 1 aromatic carbocycles. The van der Waals surface area contributed by atoms with Gasteiger partial charge in [0.2, 0.25) is 5.91 Å². The molecule has 0 saturated heterocycles. The summed E-state index contributed by atoms with van der Waals surface area (Å²) in [4.78, 5) is 21.2. The van der Waals surface area contributed by atoms with E-state index in [2.05, 4.69) is 15.3 Å². The number of benzene rings is 1. The van der Waals surface area contributed by atoms with Crippen LogP contribution in [-0.2, 0) is 11.2 Å². The van der Waals surface area contributed by atoms with Crippen molar-refractivity contribution in [2.24, 2.45) is 0 Å².